The number of carbonyl (C=O) groups excluding carboxylic acids is 2. The van der Waals surface area contributed by atoms with Gasteiger partial charge >= 0.3 is 18.3 Å². The van der Waals surface area contributed by atoms with E-state index in [4.69, 9.17) is 4.74 Å². The standard InChI is InChI=1S/C22H18F6N2O3/c23-21(24,25)15-6-7-16-14(10-15)11-17-19(33-20(32)22(26,27)28)29(8-9-30(17)18(16)31)12-13-4-2-1-3-5-13/h1-7,10,17,19H,8-9,11-12H2/t17-,19?/m1/s1. The number of carbonyl (C=O) groups is 2. The topological polar surface area (TPSA) is 49.9 Å². The van der Waals surface area contributed by atoms with E-state index in [1.807, 2.05) is 0 Å². The van der Waals surface area contributed by atoms with Gasteiger partial charge in [-0.2, -0.15) is 26.3 Å². The van der Waals surface area contributed by atoms with Crippen LogP contribution in [0.2, 0.25) is 0 Å². The van der Waals surface area contributed by atoms with Crippen LogP contribution in [0.5, 0.6) is 0 Å². The van der Waals surface area contributed by atoms with Crippen LogP contribution in [0, 0.1) is 0 Å². The second-order valence-electron chi connectivity index (χ2n) is 7.89. The van der Waals surface area contributed by atoms with E-state index in [1.54, 1.807) is 30.3 Å². The van der Waals surface area contributed by atoms with Crippen molar-refractivity contribution in [3.05, 3.63) is 70.8 Å². The van der Waals surface area contributed by atoms with Gasteiger partial charge in [0.15, 0.2) is 6.23 Å². The van der Waals surface area contributed by atoms with Gasteiger partial charge < -0.3 is 9.64 Å². The van der Waals surface area contributed by atoms with Crippen LogP contribution < -0.4 is 0 Å². The maximum atomic E-state index is 13.2. The van der Waals surface area contributed by atoms with Crippen molar-refractivity contribution in [1.82, 2.24) is 9.80 Å². The Morgan fingerprint density at radius 1 is 1.00 bits per heavy atom. The van der Waals surface area contributed by atoms with Gasteiger partial charge in [0.1, 0.15) is 0 Å². The van der Waals surface area contributed by atoms with Crippen LogP contribution in [0.15, 0.2) is 48.5 Å². The number of ether oxygens (including phenoxy) is 1. The van der Waals surface area contributed by atoms with Crippen molar-refractivity contribution in [2.75, 3.05) is 13.1 Å². The molecule has 0 N–H and O–H groups in total. The van der Waals surface area contributed by atoms with Crippen LogP contribution in [0.4, 0.5) is 26.3 Å². The number of piperazine rings is 1. The van der Waals surface area contributed by atoms with Gasteiger partial charge in [-0.1, -0.05) is 30.3 Å². The molecule has 4 rings (SSSR count). The summed E-state index contributed by atoms with van der Waals surface area (Å²) in [7, 11) is 0. The smallest absolute Gasteiger partial charge is 0.437 e. The first-order valence-corrected chi connectivity index (χ1v) is 10.0. The van der Waals surface area contributed by atoms with Gasteiger partial charge in [0.25, 0.3) is 5.91 Å². The third kappa shape index (κ3) is 4.68. The average Bonchev–Trinajstić information content (AvgIpc) is 2.74. The highest BCUT2D eigenvalue weighted by Gasteiger charge is 2.49. The van der Waals surface area contributed by atoms with Crippen molar-refractivity contribution in [1.29, 1.82) is 0 Å². The summed E-state index contributed by atoms with van der Waals surface area (Å²) in [5.41, 5.74) is -0.133. The number of halogens is 6. The fourth-order valence-corrected chi connectivity index (χ4v) is 4.23. The molecule has 0 aromatic heterocycles. The first-order chi connectivity index (χ1) is 15.4. The van der Waals surface area contributed by atoms with Gasteiger partial charge in [-0.25, -0.2) is 4.79 Å². The highest BCUT2D eigenvalue weighted by Crippen LogP contribution is 2.36. The van der Waals surface area contributed by atoms with Crippen LogP contribution in [0.25, 0.3) is 0 Å². The molecule has 176 valence electrons. The van der Waals surface area contributed by atoms with Gasteiger partial charge in [0, 0.05) is 25.2 Å². The third-order valence-electron chi connectivity index (χ3n) is 5.76. The molecule has 0 spiro atoms. The molecule has 1 saturated heterocycles. The number of rotatable bonds is 3. The molecule has 2 aromatic rings. The second kappa shape index (κ2) is 8.36. The van der Waals surface area contributed by atoms with Crippen molar-refractivity contribution in [2.45, 2.75) is 37.6 Å². The Morgan fingerprint density at radius 2 is 1.70 bits per heavy atom. The minimum atomic E-state index is -5.26. The van der Waals surface area contributed by atoms with Gasteiger partial charge in [-0.05, 0) is 35.7 Å². The molecular weight excluding hydrogens is 454 g/mol. The molecule has 2 aliphatic heterocycles. The first kappa shape index (κ1) is 23.1. The molecule has 2 heterocycles. The maximum Gasteiger partial charge on any atom is 0.490 e. The van der Waals surface area contributed by atoms with E-state index in [1.165, 1.54) is 9.80 Å². The molecule has 5 nitrogen and oxygen atoms in total. The van der Waals surface area contributed by atoms with E-state index in [-0.39, 0.29) is 37.2 Å². The fourth-order valence-electron chi connectivity index (χ4n) is 4.23. The summed E-state index contributed by atoms with van der Waals surface area (Å²) in [4.78, 5) is 27.4. The zero-order chi connectivity index (χ0) is 24.0. The number of nitrogens with zero attached hydrogens (tertiary/aromatic N) is 2. The Labute approximate surface area is 184 Å². The Bertz CT molecular complexity index is 1050. The molecule has 1 amide bonds. The summed E-state index contributed by atoms with van der Waals surface area (Å²) in [6, 6.07) is 10.3. The molecule has 0 saturated carbocycles. The number of fused-ring (bicyclic) bond motifs is 2. The van der Waals surface area contributed by atoms with Gasteiger partial charge in [-0.3, -0.25) is 9.69 Å². The number of alkyl halides is 6. The van der Waals surface area contributed by atoms with Gasteiger partial charge in [-0.15, -0.1) is 0 Å². The Kier molecular flexibility index (Phi) is 5.85. The van der Waals surface area contributed by atoms with Crippen LogP contribution in [-0.4, -0.2) is 53.2 Å². The van der Waals surface area contributed by atoms with Crippen molar-refractivity contribution >= 4 is 11.9 Å². The van der Waals surface area contributed by atoms with E-state index < -0.39 is 42.1 Å². The van der Waals surface area contributed by atoms with Gasteiger partial charge in [0.2, 0.25) is 0 Å². The van der Waals surface area contributed by atoms with Crippen molar-refractivity contribution in [3.63, 3.8) is 0 Å². The normalized spacial score (nSPS) is 21.4. The summed E-state index contributed by atoms with van der Waals surface area (Å²) in [6.45, 7) is 0.365. The SMILES string of the molecule is O=C1c2ccc(C(F)(F)F)cc2C[C@@H]2C(OC(=O)C(F)(F)F)N(Cc3ccccc3)CCN12. The molecule has 2 atom stereocenters. The molecule has 11 heteroatoms. The fraction of sp³-hybridized carbons (Fsp3) is 0.364. The quantitative estimate of drug-likeness (QED) is 0.500. The van der Waals surface area contributed by atoms with Crippen molar-refractivity contribution < 1.29 is 40.7 Å². The molecule has 0 radical (unpaired) electrons. The average molecular weight is 472 g/mol. The molecule has 1 fully saturated rings. The summed E-state index contributed by atoms with van der Waals surface area (Å²) < 4.78 is 83.3. The number of amides is 1. The monoisotopic (exact) mass is 472 g/mol. The molecular formula is C22H18F6N2O3. The first-order valence-electron chi connectivity index (χ1n) is 10.0. The van der Waals surface area contributed by atoms with E-state index in [2.05, 4.69) is 0 Å². The van der Waals surface area contributed by atoms with Crippen LogP contribution in [0.1, 0.15) is 27.0 Å². The Hall–Kier alpha value is -3.08. The van der Waals surface area contributed by atoms with Crippen molar-refractivity contribution in [3.8, 4) is 0 Å². The van der Waals surface area contributed by atoms with Crippen LogP contribution in [-0.2, 0) is 28.7 Å². The predicted octanol–water partition coefficient (Wildman–Crippen LogP) is 4.02. The minimum absolute atomic E-state index is 0.0469. The van der Waals surface area contributed by atoms with E-state index in [9.17, 15) is 35.9 Å². The van der Waals surface area contributed by atoms with Crippen molar-refractivity contribution in [2.24, 2.45) is 0 Å². The molecule has 2 aliphatic rings. The minimum Gasteiger partial charge on any atom is -0.437 e. The molecule has 1 unspecified atom stereocenters. The Balaban J connectivity index is 1.69. The maximum absolute atomic E-state index is 13.2. The molecule has 2 aromatic carbocycles. The second-order valence-corrected chi connectivity index (χ2v) is 7.89. The number of hydrogen-bond donors (Lipinski definition) is 0. The molecule has 33 heavy (non-hydrogen) atoms. The predicted molar refractivity (Wildman–Crippen MR) is 103 cm³/mol. The van der Waals surface area contributed by atoms with Gasteiger partial charge in [0.05, 0.1) is 11.6 Å². The van der Waals surface area contributed by atoms with E-state index >= 15 is 0 Å². The summed E-state index contributed by atoms with van der Waals surface area (Å²) in [5, 5.41) is 0. The zero-order valence-corrected chi connectivity index (χ0v) is 17.0. The van der Waals surface area contributed by atoms with Crippen LogP contribution in [0.3, 0.4) is 0 Å². The summed E-state index contributed by atoms with van der Waals surface area (Å²) in [5.74, 6) is -3.03. The number of hydrogen-bond acceptors (Lipinski definition) is 4. The lowest BCUT2D eigenvalue weighted by molar-refractivity contribution is -0.221. The largest absolute Gasteiger partial charge is 0.490 e. The zero-order valence-electron chi connectivity index (χ0n) is 17.0. The lowest BCUT2D eigenvalue weighted by Gasteiger charge is -2.49. The Morgan fingerprint density at radius 3 is 2.33 bits per heavy atom. The van der Waals surface area contributed by atoms with Crippen LogP contribution >= 0.6 is 0 Å². The highest BCUT2D eigenvalue weighted by atomic mass is 19.4. The molecule has 0 bridgehead atoms. The van der Waals surface area contributed by atoms with E-state index in [0.717, 1.165) is 23.8 Å². The lowest BCUT2D eigenvalue weighted by Crippen LogP contribution is -2.64. The summed E-state index contributed by atoms with van der Waals surface area (Å²) in [6.07, 6.45) is -11.6. The molecule has 0 aliphatic carbocycles. The number of benzene rings is 2. The number of esters is 1. The third-order valence-corrected chi connectivity index (χ3v) is 5.76. The lowest BCUT2D eigenvalue weighted by atomic mass is 9.89. The summed E-state index contributed by atoms with van der Waals surface area (Å²) >= 11 is 0. The van der Waals surface area contributed by atoms with E-state index in [0.29, 0.717) is 0 Å². The highest BCUT2D eigenvalue weighted by molar-refractivity contribution is 5.97.